The Morgan fingerprint density at radius 2 is 2.33 bits per heavy atom. The van der Waals surface area contributed by atoms with Crippen molar-refractivity contribution in [2.24, 2.45) is 10.7 Å². The van der Waals surface area contributed by atoms with Crippen molar-refractivity contribution in [1.29, 1.82) is 0 Å². The first-order valence-corrected chi connectivity index (χ1v) is 5.61. The number of fused-ring (bicyclic) bond motifs is 1. The molecule has 1 unspecified atom stereocenters. The van der Waals surface area contributed by atoms with Crippen LogP contribution in [0.1, 0.15) is 5.56 Å². The van der Waals surface area contributed by atoms with Crippen LogP contribution in [0, 0.1) is 0 Å². The average molecular weight is 263 g/mol. The van der Waals surface area contributed by atoms with E-state index in [-0.39, 0.29) is 5.15 Å². The van der Waals surface area contributed by atoms with Crippen molar-refractivity contribution in [2.45, 2.75) is 5.62 Å². The van der Waals surface area contributed by atoms with Crippen LogP contribution in [-0.4, -0.2) is 43.9 Å². The number of hydrogen-bond acceptors (Lipinski definition) is 5. The Morgan fingerprint density at radius 3 is 2.94 bits per heavy atom. The summed E-state index contributed by atoms with van der Waals surface area (Å²) in [5.74, 6) is 0. The average Bonchev–Trinajstić information content (AvgIpc) is 2.32. The predicted molar refractivity (Wildman–Crippen MR) is 73.9 cm³/mol. The summed E-state index contributed by atoms with van der Waals surface area (Å²) in [5, 5.41) is 10.6. The van der Waals surface area contributed by atoms with Crippen molar-refractivity contribution < 1.29 is 5.11 Å². The molecule has 0 spiro atoms. The number of halogens is 1. The summed E-state index contributed by atoms with van der Waals surface area (Å²) in [7, 11) is 9.08. The highest BCUT2D eigenvalue weighted by Crippen LogP contribution is 2.40. The lowest BCUT2D eigenvalue weighted by Gasteiger charge is -2.42. The molecule has 0 aliphatic carbocycles. The van der Waals surface area contributed by atoms with Crippen molar-refractivity contribution in [1.82, 2.24) is 4.98 Å². The molecule has 0 aromatic carbocycles. The third-order valence-electron chi connectivity index (χ3n) is 2.96. The van der Waals surface area contributed by atoms with E-state index in [2.05, 4.69) is 9.98 Å². The van der Waals surface area contributed by atoms with Gasteiger partial charge in [-0.05, 0) is 6.07 Å². The molecule has 1 aromatic rings. The topological polar surface area (TPSA) is 74.7 Å². The molecular weight excluding hydrogens is 250 g/mol. The van der Waals surface area contributed by atoms with Gasteiger partial charge in [-0.25, -0.2) is 4.98 Å². The largest absolute Gasteiger partial charge is 0.398 e. The van der Waals surface area contributed by atoms with Gasteiger partial charge in [0, 0.05) is 43.3 Å². The smallest absolute Gasteiger partial charge is 0.153 e. The van der Waals surface area contributed by atoms with Crippen LogP contribution in [-0.2, 0) is 0 Å². The Kier molecular flexibility index (Phi) is 3.08. The Morgan fingerprint density at radius 1 is 1.67 bits per heavy atom. The Balaban J connectivity index is 2.79. The molecule has 0 fully saturated rings. The van der Waals surface area contributed by atoms with E-state index in [1.54, 1.807) is 26.4 Å². The van der Waals surface area contributed by atoms with Crippen molar-refractivity contribution >= 4 is 37.0 Å². The van der Waals surface area contributed by atoms with Gasteiger partial charge in [-0.2, -0.15) is 0 Å². The number of rotatable bonds is 1. The number of pyridine rings is 1. The monoisotopic (exact) mass is 262 g/mol. The Labute approximate surface area is 111 Å². The quantitative estimate of drug-likeness (QED) is 0.436. The number of aliphatic hydroxyl groups is 1. The first-order valence-electron chi connectivity index (χ1n) is 5.23. The fourth-order valence-electron chi connectivity index (χ4n) is 1.95. The number of hydrogen-bond donors (Lipinski definition) is 2. The molecule has 1 aromatic heterocycles. The zero-order valence-electron chi connectivity index (χ0n) is 10.1. The maximum absolute atomic E-state index is 10.4. The second kappa shape index (κ2) is 4.30. The lowest BCUT2D eigenvalue weighted by atomic mass is 9.77. The molecule has 2 heterocycles. The van der Waals surface area contributed by atoms with E-state index in [4.69, 9.17) is 25.2 Å². The molecule has 2 rings (SSSR count). The molecule has 2 radical (unpaired) electrons. The normalized spacial score (nSPS) is 23.7. The molecule has 7 heteroatoms. The molecular formula is C11H12BClN4O. The van der Waals surface area contributed by atoms with Crippen LogP contribution in [0.25, 0.3) is 5.70 Å². The summed E-state index contributed by atoms with van der Waals surface area (Å²) in [6.07, 6.45) is 2.98. The molecule has 92 valence electrons. The maximum Gasteiger partial charge on any atom is 0.153 e. The van der Waals surface area contributed by atoms with Crippen LogP contribution in [0.3, 0.4) is 0 Å². The van der Waals surface area contributed by atoms with Gasteiger partial charge in [0.25, 0.3) is 0 Å². The van der Waals surface area contributed by atoms with Gasteiger partial charge < -0.3 is 15.7 Å². The van der Waals surface area contributed by atoms with Gasteiger partial charge in [0.1, 0.15) is 5.62 Å². The zero-order valence-corrected chi connectivity index (χ0v) is 10.8. The molecule has 0 bridgehead atoms. The van der Waals surface area contributed by atoms with Gasteiger partial charge in [-0.1, -0.05) is 11.6 Å². The molecule has 1 aliphatic heterocycles. The number of nitrogens with zero attached hydrogens (tertiary/aromatic N) is 3. The first kappa shape index (κ1) is 12.9. The first-order chi connectivity index (χ1) is 8.41. The third kappa shape index (κ3) is 1.69. The molecule has 0 saturated carbocycles. The summed E-state index contributed by atoms with van der Waals surface area (Å²) in [5.41, 5.74) is 6.07. The summed E-state index contributed by atoms with van der Waals surface area (Å²) >= 11 is 6.02. The molecule has 18 heavy (non-hydrogen) atoms. The molecule has 3 N–H and O–H groups in total. The summed E-state index contributed by atoms with van der Waals surface area (Å²) in [6.45, 7) is 0. The number of aliphatic imine (C=N–C) groups is 1. The second-order valence-corrected chi connectivity index (χ2v) is 4.36. The minimum Gasteiger partial charge on any atom is -0.398 e. The van der Waals surface area contributed by atoms with Crippen molar-refractivity contribution in [2.75, 3.05) is 19.0 Å². The molecule has 1 atom stereocenters. The van der Waals surface area contributed by atoms with Gasteiger partial charge in [0.2, 0.25) is 0 Å². The van der Waals surface area contributed by atoms with Crippen molar-refractivity contribution in [3.8, 4) is 0 Å². The van der Waals surface area contributed by atoms with Gasteiger partial charge in [-0.3, -0.25) is 4.99 Å². The van der Waals surface area contributed by atoms with E-state index in [9.17, 15) is 5.11 Å². The van der Waals surface area contributed by atoms with Crippen LogP contribution in [0.4, 0.5) is 5.69 Å². The van der Waals surface area contributed by atoms with Crippen LogP contribution in [0.2, 0.25) is 5.15 Å². The molecule has 5 nitrogen and oxygen atoms in total. The van der Waals surface area contributed by atoms with E-state index in [0.29, 0.717) is 22.5 Å². The van der Waals surface area contributed by atoms with Gasteiger partial charge in [0.05, 0.1) is 5.69 Å². The third-order valence-corrected chi connectivity index (χ3v) is 3.24. The van der Waals surface area contributed by atoms with Gasteiger partial charge >= 0.3 is 0 Å². The van der Waals surface area contributed by atoms with Crippen molar-refractivity contribution in [3.05, 3.63) is 28.6 Å². The van der Waals surface area contributed by atoms with E-state index in [1.807, 2.05) is 0 Å². The van der Waals surface area contributed by atoms with Gasteiger partial charge in [-0.15, -0.1) is 0 Å². The second-order valence-electron chi connectivity index (χ2n) is 4.00. The van der Waals surface area contributed by atoms with Crippen LogP contribution >= 0.6 is 11.6 Å². The SMILES string of the molecule is [B]C1(O)C(C=NC)=C(N)c2ccnc(Cl)c2N1C. The standard InChI is InChI=1S/C11H12BClN4O/c1-15-5-7-8(14)6-3-4-16-10(13)9(6)17(2)11(7,12)18/h3-5,18H,14H2,1-2H3. The zero-order chi connectivity index (χ0) is 13.5. The van der Waals surface area contributed by atoms with E-state index in [0.717, 1.165) is 0 Å². The van der Waals surface area contributed by atoms with E-state index < -0.39 is 5.62 Å². The van der Waals surface area contributed by atoms with E-state index in [1.165, 1.54) is 11.1 Å². The maximum atomic E-state index is 10.4. The lowest BCUT2D eigenvalue weighted by molar-refractivity contribution is 0.172. The van der Waals surface area contributed by atoms with Crippen LogP contribution in [0.5, 0.6) is 0 Å². The van der Waals surface area contributed by atoms with Gasteiger partial charge in [0.15, 0.2) is 13.0 Å². The highest BCUT2D eigenvalue weighted by atomic mass is 35.5. The lowest BCUT2D eigenvalue weighted by Crippen LogP contribution is -2.52. The van der Waals surface area contributed by atoms with E-state index >= 15 is 0 Å². The minimum absolute atomic E-state index is 0.231. The number of aromatic nitrogens is 1. The summed E-state index contributed by atoms with van der Waals surface area (Å²) in [4.78, 5) is 9.24. The fourth-order valence-corrected chi connectivity index (χ4v) is 2.24. The Bertz CT molecular complexity index is 556. The predicted octanol–water partition coefficient (Wildman–Crippen LogP) is 0.370. The number of likely N-dealkylation sites (N-methyl/N-ethyl adjacent to an activating group) is 1. The highest BCUT2D eigenvalue weighted by Gasteiger charge is 2.38. The molecule has 0 amide bonds. The minimum atomic E-state index is -1.77. The Hall–Kier alpha value is -1.53. The molecule has 1 aliphatic rings. The fraction of sp³-hybridized carbons (Fsp3) is 0.273. The highest BCUT2D eigenvalue weighted by molar-refractivity contribution is 6.33. The van der Waals surface area contributed by atoms with Crippen molar-refractivity contribution in [3.63, 3.8) is 0 Å². The summed E-state index contributed by atoms with van der Waals surface area (Å²) < 4.78 is 0. The van der Waals surface area contributed by atoms with Crippen LogP contribution < -0.4 is 10.6 Å². The number of anilines is 1. The summed E-state index contributed by atoms with van der Waals surface area (Å²) in [6, 6.07) is 1.71. The van der Waals surface area contributed by atoms with Crippen LogP contribution in [0.15, 0.2) is 22.8 Å². The number of nitrogens with two attached hydrogens (primary N) is 1. The molecule has 0 saturated heterocycles.